The summed E-state index contributed by atoms with van der Waals surface area (Å²) in [5, 5.41) is 0. The van der Waals surface area contributed by atoms with Crippen LogP contribution in [0.2, 0.25) is 0 Å². The summed E-state index contributed by atoms with van der Waals surface area (Å²) in [5.41, 5.74) is 0. The van der Waals surface area contributed by atoms with Crippen LogP contribution in [-0.4, -0.2) is 17.6 Å². The van der Waals surface area contributed by atoms with E-state index in [1.54, 1.807) is 0 Å². The van der Waals surface area contributed by atoms with Gasteiger partial charge in [-0.15, -0.1) is 0 Å². The van der Waals surface area contributed by atoms with Gasteiger partial charge < -0.3 is 4.74 Å². The molecule has 0 rings (SSSR count). The molecule has 0 unspecified atom stereocenters. The van der Waals surface area contributed by atoms with Crippen molar-refractivity contribution < 1.29 is 4.74 Å². The maximum Gasteiger partial charge on any atom is 0.0466 e. The second kappa shape index (κ2) is 13.7. The second-order valence-electron chi connectivity index (χ2n) is 3.78. The lowest BCUT2D eigenvalue weighted by Gasteiger charge is -2.03. The molecule has 0 saturated carbocycles. The molecule has 0 aliphatic heterocycles. The van der Waals surface area contributed by atoms with E-state index in [0.29, 0.717) is 0 Å². The zero-order chi connectivity index (χ0) is 10.5. The van der Waals surface area contributed by atoms with Crippen molar-refractivity contribution in [3.05, 3.63) is 0 Å². The predicted molar refractivity (Wildman–Crippen MR) is 72.3 cm³/mol. The SMILES string of the molecule is CCCCOCCCCCCCCI. The topological polar surface area (TPSA) is 9.23 Å². The fraction of sp³-hybridized carbons (Fsp3) is 1.00. The summed E-state index contributed by atoms with van der Waals surface area (Å²) in [5.74, 6) is 0. The van der Waals surface area contributed by atoms with Gasteiger partial charge in [0.1, 0.15) is 0 Å². The summed E-state index contributed by atoms with van der Waals surface area (Å²) in [6, 6.07) is 0. The Morgan fingerprint density at radius 2 is 1.36 bits per heavy atom. The van der Waals surface area contributed by atoms with Gasteiger partial charge in [-0.05, 0) is 23.7 Å². The molecule has 0 fully saturated rings. The minimum atomic E-state index is 0.964. The van der Waals surface area contributed by atoms with Crippen LogP contribution in [0.4, 0.5) is 0 Å². The van der Waals surface area contributed by atoms with Crippen LogP contribution >= 0.6 is 22.6 Å². The number of hydrogen-bond acceptors (Lipinski definition) is 1. The molecule has 0 N–H and O–H groups in total. The third-order valence-electron chi connectivity index (χ3n) is 2.31. The summed E-state index contributed by atoms with van der Waals surface area (Å²) in [6.07, 6.45) is 10.7. The number of unbranched alkanes of at least 4 members (excludes halogenated alkanes) is 6. The van der Waals surface area contributed by atoms with E-state index in [1.165, 1.54) is 55.8 Å². The van der Waals surface area contributed by atoms with Crippen LogP contribution < -0.4 is 0 Å². The molecular formula is C12H25IO. The molecule has 0 bridgehead atoms. The zero-order valence-electron chi connectivity index (χ0n) is 9.56. The Balaban J connectivity index is 2.78. The van der Waals surface area contributed by atoms with Crippen LogP contribution in [-0.2, 0) is 4.74 Å². The molecule has 0 aromatic carbocycles. The number of ether oxygens (including phenoxy) is 1. The van der Waals surface area contributed by atoms with Gasteiger partial charge in [0.2, 0.25) is 0 Å². The summed E-state index contributed by atoms with van der Waals surface area (Å²) in [4.78, 5) is 0. The van der Waals surface area contributed by atoms with Crippen molar-refractivity contribution in [2.24, 2.45) is 0 Å². The molecule has 0 atom stereocenters. The lowest BCUT2D eigenvalue weighted by molar-refractivity contribution is 0.127. The minimum Gasteiger partial charge on any atom is -0.381 e. The lowest BCUT2D eigenvalue weighted by atomic mass is 10.1. The Hall–Kier alpha value is 0.690. The summed E-state index contributed by atoms with van der Waals surface area (Å²) in [6.45, 7) is 4.15. The standard InChI is InChI=1S/C12H25IO/c1-2-3-11-14-12-9-7-5-4-6-8-10-13/h2-12H2,1H3. The van der Waals surface area contributed by atoms with E-state index < -0.39 is 0 Å². The summed E-state index contributed by atoms with van der Waals surface area (Å²) >= 11 is 2.45. The highest BCUT2D eigenvalue weighted by atomic mass is 127. The van der Waals surface area contributed by atoms with Gasteiger partial charge in [0.15, 0.2) is 0 Å². The van der Waals surface area contributed by atoms with E-state index in [4.69, 9.17) is 4.74 Å². The van der Waals surface area contributed by atoms with Gasteiger partial charge in [-0.3, -0.25) is 0 Å². The minimum absolute atomic E-state index is 0.964. The Bertz CT molecular complexity index is 84.3. The molecule has 0 aliphatic carbocycles. The monoisotopic (exact) mass is 312 g/mol. The molecule has 2 heteroatoms. The van der Waals surface area contributed by atoms with Crippen LogP contribution in [0.15, 0.2) is 0 Å². The Labute approximate surface area is 103 Å². The molecule has 0 aromatic rings. The van der Waals surface area contributed by atoms with Gasteiger partial charge in [-0.25, -0.2) is 0 Å². The lowest BCUT2D eigenvalue weighted by Crippen LogP contribution is -1.96. The number of halogens is 1. The molecule has 0 heterocycles. The Morgan fingerprint density at radius 3 is 2.00 bits per heavy atom. The van der Waals surface area contributed by atoms with Crippen molar-refractivity contribution in [3.8, 4) is 0 Å². The zero-order valence-corrected chi connectivity index (χ0v) is 11.7. The molecule has 0 spiro atoms. The van der Waals surface area contributed by atoms with Crippen LogP contribution in [0.1, 0.15) is 58.3 Å². The molecule has 86 valence electrons. The predicted octanol–water partition coefficient (Wildman–Crippen LogP) is 4.58. The largest absolute Gasteiger partial charge is 0.381 e. The first-order valence-corrected chi connectivity index (χ1v) is 7.58. The van der Waals surface area contributed by atoms with Crippen molar-refractivity contribution in [3.63, 3.8) is 0 Å². The first-order chi connectivity index (χ1) is 6.91. The number of hydrogen-bond donors (Lipinski definition) is 0. The van der Waals surface area contributed by atoms with Gasteiger partial charge in [-0.2, -0.15) is 0 Å². The van der Waals surface area contributed by atoms with E-state index in [-0.39, 0.29) is 0 Å². The first-order valence-electron chi connectivity index (χ1n) is 6.05. The van der Waals surface area contributed by atoms with Gasteiger partial charge in [0, 0.05) is 13.2 Å². The average Bonchev–Trinajstić information content (AvgIpc) is 2.21. The van der Waals surface area contributed by atoms with Gasteiger partial charge >= 0.3 is 0 Å². The van der Waals surface area contributed by atoms with E-state index >= 15 is 0 Å². The van der Waals surface area contributed by atoms with Crippen LogP contribution in [0.3, 0.4) is 0 Å². The van der Waals surface area contributed by atoms with E-state index in [2.05, 4.69) is 29.5 Å². The quantitative estimate of drug-likeness (QED) is 0.308. The highest BCUT2D eigenvalue weighted by Crippen LogP contribution is 2.06. The highest BCUT2D eigenvalue weighted by molar-refractivity contribution is 14.1. The number of rotatable bonds is 11. The molecule has 1 nitrogen and oxygen atoms in total. The normalized spacial score (nSPS) is 10.7. The Morgan fingerprint density at radius 1 is 0.786 bits per heavy atom. The van der Waals surface area contributed by atoms with Gasteiger partial charge in [-0.1, -0.05) is 61.6 Å². The molecule has 0 radical (unpaired) electrons. The summed E-state index contributed by atoms with van der Waals surface area (Å²) in [7, 11) is 0. The van der Waals surface area contributed by atoms with Crippen molar-refractivity contribution in [2.45, 2.75) is 58.3 Å². The molecule has 14 heavy (non-hydrogen) atoms. The van der Waals surface area contributed by atoms with Crippen LogP contribution in [0.25, 0.3) is 0 Å². The van der Waals surface area contributed by atoms with Crippen LogP contribution in [0, 0.1) is 0 Å². The van der Waals surface area contributed by atoms with E-state index in [9.17, 15) is 0 Å². The third-order valence-corrected chi connectivity index (χ3v) is 3.08. The smallest absolute Gasteiger partial charge is 0.0466 e. The van der Waals surface area contributed by atoms with Crippen molar-refractivity contribution in [1.29, 1.82) is 0 Å². The maximum absolute atomic E-state index is 5.50. The molecule has 0 amide bonds. The average molecular weight is 312 g/mol. The molecule has 0 aromatic heterocycles. The molecular weight excluding hydrogens is 287 g/mol. The first kappa shape index (κ1) is 14.7. The molecule has 0 saturated heterocycles. The van der Waals surface area contributed by atoms with Crippen molar-refractivity contribution in [1.82, 2.24) is 0 Å². The third kappa shape index (κ3) is 12.7. The van der Waals surface area contributed by atoms with E-state index in [0.717, 1.165) is 13.2 Å². The fourth-order valence-electron chi connectivity index (χ4n) is 1.35. The number of alkyl halides is 1. The van der Waals surface area contributed by atoms with E-state index in [1.807, 2.05) is 0 Å². The maximum atomic E-state index is 5.50. The van der Waals surface area contributed by atoms with Crippen LogP contribution in [0.5, 0.6) is 0 Å². The highest BCUT2D eigenvalue weighted by Gasteiger charge is 1.91. The van der Waals surface area contributed by atoms with Gasteiger partial charge in [0.05, 0.1) is 0 Å². The summed E-state index contributed by atoms with van der Waals surface area (Å²) < 4.78 is 6.82. The van der Waals surface area contributed by atoms with Crippen molar-refractivity contribution >= 4 is 22.6 Å². The second-order valence-corrected chi connectivity index (χ2v) is 4.85. The fourth-order valence-corrected chi connectivity index (χ4v) is 1.89. The van der Waals surface area contributed by atoms with Crippen molar-refractivity contribution in [2.75, 3.05) is 17.6 Å². The Kier molecular flexibility index (Phi) is 14.4. The molecule has 0 aliphatic rings. The van der Waals surface area contributed by atoms with Gasteiger partial charge in [0.25, 0.3) is 0 Å².